The van der Waals surface area contributed by atoms with Crippen LogP contribution in [0.25, 0.3) is 0 Å². The van der Waals surface area contributed by atoms with Crippen molar-refractivity contribution >= 4 is 34.8 Å². The topological polar surface area (TPSA) is 192 Å². The first-order valence-electron chi connectivity index (χ1n) is 8.53. The Morgan fingerprint density at radius 2 is 1.80 bits per heavy atom. The second-order valence-corrected chi connectivity index (χ2v) is 7.45. The number of nitrogens with zero attached hydrogens (tertiary/aromatic N) is 1. The fourth-order valence-corrected chi connectivity index (χ4v) is 2.81. The summed E-state index contributed by atoms with van der Waals surface area (Å²) in [7, 11) is 0. The molecule has 0 aromatic heterocycles. The van der Waals surface area contributed by atoms with E-state index in [0.717, 1.165) is 12.1 Å². The molecule has 1 heterocycles. The molecule has 1 saturated heterocycles. The van der Waals surface area contributed by atoms with Crippen molar-refractivity contribution in [1.82, 2.24) is 5.32 Å². The zero-order valence-corrected chi connectivity index (χ0v) is 16.6. The van der Waals surface area contributed by atoms with Gasteiger partial charge in [-0.15, -0.1) is 0 Å². The van der Waals surface area contributed by atoms with E-state index in [1.807, 2.05) is 0 Å². The molecular formula is C16H20Cl2N2O10. The minimum atomic E-state index is -1.81. The van der Waals surface area contributed by atoms with Gasteiger partial charge in [0, 0.05) is 12.1 Å². The number of alkyl halides is 2. The highest BCUT2D eigenvalue weighted by molar-refractivity contribution is 6.53. The number of rotatable bonds is 8. The molecule has 1 aromatic rings. The first-order valence-corrected chi connectivity index (χ1v) is 9.41. The van der Waals surface area contributed by atoms with Gasteiger partial charge in [0.05, 0.1) is 11.5 Å². The summed E-state index contributed by atoms with van der Waals surface area (Å²) < 4.78 is 10.6. The van der Waals surface area contributed by atoms with Gasteiger partial charge in [-0.1, -0.05) is 23.2 Å². The minimum Gasteiger partial charge on any atom is -0.394 e. The number of nitrogens with one attached hydrogen (secondary N) is 1. The maximum Gasteiger partial charge on any atom is 0.269 e. The number of aliphatic hydroxyl groups is 5. The molecule has 1 amide bonds. The van der Waals surface area contributed by atoms with Gasteiger partial charge in [0.25, 0.3) is 11.6 Å². The van der Waals surface area contributed by atoms with Crippen LogP contribution in [0.5, 0.6) is 0 Å². The van der Waals surface area contributed by atoms with Gasteiger partial charge in [0.1, 0.15) is 30.5 Å². The summed E-state index contributed by atoms with van der Waals surface area (Å²) in [5.41, 5.74) is -0.167. The van der Waals surface area contributed by atoms with E-state index < -0.39 is 65.3 Å². The number of carbonyl (C=O) groups is 1. The Balaban J connectivity index is 2.25. The van der Waals surface area contributed by atoms with E-state index in [1.54, 1.807) is 0 Å². The van der Waals surface area contributed by atoms with Gasteiger partial charge in [-0.05, 0) is 17.7 Å². The van der Waals surface area contributed by atoms with E-state index >= 15 is 0 Å². The van der Waals surface area contributed by atoms with Crippen molar-refractivity contribution in [3.05, 3.63) is 39.9 Å². The average molecular weight is 471 g/mol. The van der Waals surface area contributed by atoms with Crippen molar-refractivity contribution in [3.63, 3.8) is 0 Å². The first kappa shape index (κ1) is 24.7. The number of benzene rings is 1. The van der Waals surface area contributed by atoms with Gasteiger partial charge in [-0.3, -0.25) is 14.9 Å². The molecule has 0 spiro atoms. The van der Waals surface area contributed by atoms with Crippen LogP contribution in [0.15, 0.2) is 24.3 Å². The van der Waals surface area contributed by atoms with Crippen molar-refractivity contribution in [3.8, 4) is 0 Å². The highest BCUT2D eigenvalue weighted by atomic mass is 35.5. The second-order valence-electron chi connectivity index (χ2n) is 6.36. The van der Waals surface area contributed by atoms with Gasteiger partial charge < -0.3 is 40.3 Å². The van der Waals surface area contributed by atoms with Crippen LogP contribution in [0, 0.1) is 10.1 Å². The lowest BCUT2D eigenvalue weighted by molar-refractivity contribution is -0.384. The van der Waals surface area contributed by atoms with E-state index in [2.05, 4.69) is 5.32 Å². The standard InChI is InChI=1S/C16H20Cl2N2O10/c17-13(18)14(26)19-15(9(22)6-1-3-7(4-2-6)20(27)28)30-16-12(25)11(24)10(23)8(5-21)29-16/h1-4,8-13,15-16,21-25H,5H2,(H,19,26). The molecule has 1 fully saturated rings. The molecule has 1 aromatic carbocycles. The number of nitro groups is 1. The van der Waals surface area contributed by atoms with Gasteiger partial charge in [-0.2, -0.15) is 0 Å². The minimum absolute atomic E-state index is 0.0798. The predicted molar refractivity (Wildman–Crippen MR) is 100 cm³/mol. The zero-order valence-electron chi connectivity index (χ0n) is 15.1. The van der Waals surface area contributed by atoms with Gasteiger partial charge in [0.2, 0.25) is 0 Å². The number of aliphatic hydroxyl groups excluding tert-OH is 5. The largest absolute Gasteiger partial charge is 0.394 e. The van der Waals surface area contributed by atoms with Crippen LogP contribution < -0.4 is 5.32 Å². The van der Waals surface area contributed by atoms with Crippen LogP contribution in [0.4, 0.5) is 5.69 Å². The number of halogens is 2. The van der Waals surface area contributed by atoms with E-state index in [1.165, 1.54) is 12.1 Å². The Morgan fingerprint density at radius 1 is 1.20 bits per heavy atom. The molecule has 2 rings (SSSR count). The Kier molecular flexibility index (Phi) is 8.73. The van der Waals surface area contributed by atoms with Crippen molar-refractivity contribution in [2.45, 2.75) is 47.9 Å². The normalized spacial score (nSPS) is 28.7. The Morgan fingerprint density at radius 3 is 2.30 bits per heavy atom. The van der Waals surface area contributed by atoms with Crippen molar-refractivity contribution < 1.29 is 44.7 Å². The number of carbonyl (C=O) groups excluding carboxylic acids is 1. The summed E-state index contributed by atoms with van der Waals surface area (Å²) in [5.74, 6) is -0.978. The van der Waals surface area contributed by atoms with Gasteiger partial charge in [0.15, 0.2) is 17.4 Å². The fourth-order valence-electron chi connectivity index (χ4n) is 2.68. The lowest BCUT2D eigenvalue weighted by atomic mass is 9.99. The lowest BCUT2D eigenvalue weighted by Gasteiger charge is -2.41. The monoisotopic (exact) mass is 470 g/mol. The van der Waals surface area contributed by atoms with Crippen molar-refractivity contribution in [1.29, 1.82) is 0 Å². The summed E-state index contributed by atoms with van der Waals surface area (Å²) in [4.78, 5) is 20.5. The third kappa shape index (κ3) is 5.75. The van der Waals surface area contributed by atoms with E-state index in [4.69, 9.17) is 32.7 Å². The van der Waals surface area contributed by atoms with Crippen LogP contribution in [-0.2, 0) is 14.3 Å². The van der Waals surface area contributed by atoms with Crippen molar-refractivity contribution in [2.75, 3.05) is 6.61 Å². The second kappa shape index (κ2) is 10.6. The Labute approximate surface area is 179 Å². The lowest BCUT2D eigenvalue weighted by Crippen LogP contribution is -2.61. The Bertz CT molecular complexity index is 735. The number of nitro benzene ring substituents is 1. The summed E-state index contributed by atoms with van der Waals surface area (Å²) in [6.07, 6.45) is -11.5. The molecule has 7 atom stereocenters. The smallest absolute Gasteiger partial charge is 0.269 e. The fraction of sp³-hybridized carbons (Fsp3) is 0.562. The molecule has 1 aliphatic heterocycles. The highest BCUT2D eigenvalue weighted by Gasteiger charge is 2.45. The predicted octanol–water partition coefficient (Wildman–Crippen LogP) is -1.31. The average Bonchev–Trinajstić information content (AvgIpc) is 2.72. The number of ether oxygens (including phenoxy) is 2. The summed E-state index contributed by atoms with van der Waals surface area (Å²) in [6.45, 7) is -0.724. The number of non-ortho nitro benzene ring substituents is 1. The zero-order chi connectivity index (χ0) is 22.6. The highest BCUT2D eigenvalue weighted by Crippen LogP contribution is 2.27. The van der Waals surface area contributed by atoms with Gasteiger partial charge >= 0.3 is 0 Å². The molecule has 7 unspecified atom stereocenters. The molecule has 0 saturated carbocycles. The molecule has 30 heavy (non-hydrogen) atoms. The molecule has 0 radical (unpaired) electrons. The first-order chi connectivity index (χ1) is 14.1. The van der Waals surface area contributed by atoms with Crippen molar-refractivity contribution in [2.24, 2.45) is 0 Å². The van der Waals surface area contributed by atoms with Crippen LogP contribution in [0.2, 0.25) is 0 Å². The van der Waals surface area contributed by atoms with Gasteiger partial charge in [-0.25, -0.2) is 0 Å². The third-order valence-corrected chi connectivity index (χ3v) is 4.74. The van der Waals surface area contributed by atoms with E-state index in [9.17, 15) is 40.4 Å². The van der Waals surface area contributed by atoms with Crippen LogP contribution in [0.3, 0.4) is 0 Å². The van der Waals surface area contributed by atoms with Crippen LogP contribution in [-0.4, -0.2) is 84.7 Å². The molecule has 0 aliphatic carbocycles. The molecule has 168 valence electrons. The maximum absolute atomic E-state index is 11.9. The molecule has 1 aliphatic rings. The SMILES string of the molecule is O=C(NC(OC1OC(CO)C(O)C(O)C1O)C(O)c1ccc([N+](=O)[O-])cc1)C(Cl)Cl. The molecule has 12 nitrogen and oxygen atoms in total. The van der Waals surface area contributed by atoms with Crippen LogP contribution in [0.1, 0.15) is 11.7 Å². The van der Waals surface area contributed by atoms with E-state index in [-0.39, 0.29) is 11.3 Å². The number of hydrogen-bond donors (Lipinski definition) is 6. The van der Waals surface area contributed by atoms with Crippen LogP contribution >= 0.6 is 23.2 Å². The van der Waals surface area contributed by atoms with E-state index in [0.29, 0.717) is 0 Å². The third-order valence-electron chi connectivity index (χ3n) is 4.34. The molecule has 6 N–H and O–H groups in total. The summed E-state index contributed by atoms with van der Waals surface area (Å²) in [5, 5.41) is 62.6. The Hall–Kier alpha value is -1.61. The molecule has 0 bridgehead atoms. The number of hydrogen-bond acceptors (Lipinski definition) is 10. The molecular weight excluding hydrogens is 451 g/mol. The summed E-state index contributed by atoms with van der Waals surface area (Å²) >= 11 is 11.0. The maximum atomic E-state index is 11.9. The summed E-state index contributed by atoms with van der Waals surface area (Å²) in [6, 6.07) is 4.63. The number of amides is 1. The quantitative estimate of drug-likeness (QED) is 0.115. The molecule has 14 heteroatoms.